The molecular weight excluding hydrogens is 214 g/mol. The van der Waals surface area contributed by atoms with E-state index < -0.39 is 13.0 Å². The van der Waals surface area contributed by atoms with Gasteiger partial charge in [-0.15, -0.1) is 0 Å². The molecule has 0 bridgehead atoms. The Morgan fingerprint density at radius 2 is 1.81 bits per heavy atom. The van der Waals surface area contributed by atoms with Gasteiger partial charge in [0, 0.05) is 6.04 Å². The van der Waals surface area contributed by atoms with Crippen molar-refractivity contribution in [3.8, 4) is 0 Å². The summed E-state index contributed by atoms with van der Waals surface area (Å²) >= 11 is 0. The van der Waals surface area contributed by atoms with E-state index in [9.17, 15) is 13.6 Å². The molecule has 1 rings (SSSR count). The fraction of sp³-hybridized carbons (Fsp3) is 0.909. The zero-order valence-electron chi connectivity index (χ0n) is 9.48. The number of halogens is 2. The third-order valence-electron chi connectivity index (χ3n) is 2.80. The van der Waals surface area contributed by atoms with E-state index in [0.717, 1.165) is 25.7 Å². The molecule has 2 N–H and O–H groups in total. The molecule has 1 aliphatic carbocycles. The first kappa shape index (κ1) is 13.4. The summed E-state index contributed by atoms with van der Waals surface area (Å²) in [7, 11) is 0. The molecule has 0 saturated heterocycles. The molecule has 0 aliphatic heterocycles. The van der Waals surface area contributed by atoms with Gasteiger partial charge in [-0.05, 0) is 12.8 Å². The molecule has 1 aliphatic rings. The Bertz CT molecular complexity index is 204. The Morgan fingerprint density at radius 3 is 2.38 bits per heavy atom. The predicted octanol–water partition coefficient (Wildman–Crippen LogP) is 1.68. The Labute approximate surface area is 95.0 Å². The third kappa shape index (κ3) is 6.00. The van der Waals surface area contributed by atoms with E-state index >= 15 is 0 Å². The van der Waals surface area contributed by atoms with Gasteiger partial charge in [-0.2, -0.15) is 0 Å². The van der Waals surface area contributed by atoms with Gasteiger partial charge in [0.15, 0.2) is 0 Å². The van der Waals surface area contributed by atoms with Crippen molar-refractivity contribution in [1.29, 1.82) is 0 Å². The highest BCUT2D eigenvalue weighted by atomic mass is 19.3. The first-order valence-electron chi connectivity index (χ1n) is 5.96. The number of amides is 1. The Hall–Kier alpha value is -0.710. The van der Waals surface area contributed by atoms with Crippen LogP contribution in [0.25, 0.3) is 0 Å². The topological polar surface area (TPSA) is 41.1 Å². The summed E-state index contributed by atoms with van der Waals surface area (Å²) in [5.41, 5.74) is 0. The van der Waals surface area contributed by atoms with Crippen LogP contribution in [-0.4, -0.2) is 31.5 Å². The molecule has 0 radical (unpaired) electrons. The summed E-state index contributed by atoms with van der Waals surface area (Å²) in [4.78, 5) is 11.4. The molecule has 0 aromatic heterocycles. The van der Waals surface area contributed by atoms with Crippen molar-refractivity contribution in [2.24, 2.45) is 0 Å². The van der Waals surface area contributed by atoms with Gasteiger partial charge in [0.25, 0.3) is 6.43 Å². The standard InChI is InChI=1S/C11H20F2N2O/c12-10(13)7-14-8-11(16)15-9-5-3-1-2-4-6-9/h9-10,14H,1-8H2,(H,15,16). The van der Waals surface area contributed by atoms with Crippen LogP contribution >= 0.6 is 0 Å². The largest absolute Gasteiger partial charge is 0.352 e. The summed E-state index contributed by atoms with van der Waals surface area (Å²) in [6.45, 7) is -0.432. The van der Waals surface area contributed by atoms with Gasteiger partial charge in [-0.1, -0.05) is 25.7 Å². The van der Waals surface area contributed by atoms with Crippen LogP contribution in [0.2, 0.25) is 0 Å². The highest BCUT2D eigenvalue weighted by molar-refractivity contribution is 5.78. The normalized spacial score (nSPS) is 18.4. The van der Waals surface area contributed by atoms with E-state index in [1.807, 2.05) is 0 Å². The van der Waals surface area contributed by atoms with Crippen LogP contribution in [0.15, 0.2) is 0 Å². The van der Waals surface area contributed by atoms with E-state index in [-0.39, 0.29) is 18.5 Å². The number of nitrogens with one attached hydrogen (secondary N) is 2. The molecule has 3 nitrogen and oxygen atoms in total. The summed E-state index contributed by atoms with van der Waals surface area (Å²) in [5.74, 6) is -0.174. The lowest BCUT2D eigenvalue weighted by Gasteiger charge is -2.16. The van der Waals surface area contributed by atoms with Gasteiger partial charge in [0.1, 0.15) is 0 Å². The van der Waals surface area contributed by atoms with Gasteiger partial charge in [0.2, 0.25) is 5.91 Å². The first-order chi connectivity index (χ1) is 7.68. The Morgan fingerprint density at radius 1 is 1.19 bits per heavy atom. The highest BCUT2D eigenvalue weighted by Crippen LogP contribution is 2.16. The van der Waals surface area contributed by atoms with Crippen molar-refractivity contribution in [3.63, 3.8) is 0 Å². The summed E-state index contributed by atoms with van der Waals surface area (Å²) in [6.07, 6.45) is 4.39. The second-order valence-corrected chi connectivity index (χ2v) is 4.28. The molecule has 1 fully saturated rings. The van der Waals surface area contributed by atoms with Crippen molar-refractivity contribution >= 4 is 5.91 Å². The van der Waals surface area contributed by atoms with Crippen molar-refractivity contribution in [2.75, 3.05) is 13.1 Å². The smallest absolute Gasteiger partial charge is 0.250 e. The van der Waals surface area contributed by atoms with Gasteiger partial charge in [0.05, 0.1) is 13.1 Å². The number of carbonyl (C=O) groups excluding carboxylic acids is 1. The monoisotopic (exact) mass is 234 g/mol. The molecule has 0 spiro atoms. The molecule has 0 atom stereocenters. The minimum atomic E-state index is -2.40. The second-order valence-electron chi connectivity index (χ2n) is 4.28. The quantitative estimate of drug-likeness (QED) is 0.711. The molecular formula is C11H20F2N2O. The fourth-order valence-electron chi connectivity index (χ4n) is 2.00. The van der Waals surface area contributed by atoms with Crippen LogP contribution < -0.4 is 10.6 Å². The van der Waals surface area contributed by atoms with Crippen molar-refractivity contribution in [3.05, 3.63) is 0 Å². The van der Waals surface area contributed by atoms with E-state index in [1.54, 1.807) is 0 Å². The van der Waals surface area contributed by atoms with Crippen LogP contribution in [0, 0.1) is 0 Å². The number of hydrogen-bond acceptors (Lipinski definition) is 2. The lowest BCUT2D eigenvalue weighted by atomic mass is 10.1. The third-order valence-corrected chi connectivity index (χ3v) is 2.80. The molecule has 0 aromatic rings. The van der Waals surface area contributed by atoms with Crippen LogP contribution in [0.1, 0.15) is 38.5 Å². The van der Waals surface area contributed by atoms with Gasteiger partial charge in [-0.25, -0.2) is 8.78 Å². The van der Waals surface area contributed by atoms with Gasteiger partial charge >= 0.3 is 0 Å². The SMILES string of the molecule is O=C(CNCC(F)F)NC1CCCCCC1. The predicted molar refractivity (Wildman–Crippen MR) is 58.5 cm³/mol. The molecule has 1 saturated carbocycles. The zero-order chi connectivity index (χ0) is 11.8. The summed E-state index contributed by atoms with van der Waals surface area (Å²) < 4.78 is 23.6. The molecule has 0 aromatic carbocycles. The zero-order valence-corrected chi connectivity index (χ0v) is 9.48. The minimum Gasteiger partial charge on any atom is -0.352 e. The van der Waals surface area contributed by atoms with Crippen molar-refractivity contribution in [2.45, 2.75) is 51.0 Å². The van der Waals surface area contributed by atoms with Gasteiger partial charge in [-0.3, -0.25) is 4.79 Å². The number of hydrogen-bond donors (Lipinski definition) is 2. The lowest BCUT2D eigenvalue weighted by Crippen LogP contribution is -2.41. The average molecular weight is 234 g/mol. The van der Waals surface area contributed by atoms with Crippen LogP contribution in [-0.2, 0) is 4.79 Å². The van der Waals surface area contributed by atoms with Crippen LogP contribution in [0.3, 0.4) is 0 Å². The number of rotatable bonds is 5. The van der Waals surface area contributed by atoms with Crippen LogP contribution in [0.4, 0.5) is 8.78 Å². The Kier molecular flexibility index (Phi) is 6.30. The number of alkyl halides is 2. The number of carbonyl (C=O) groups is 1. The van der Waals surface area contributed by atoms with Gasteiger partial charge < -0.3 is 10.6 Å². The Balaban J connectivity index is 2.12. The minimum absolute atomic E-state index is 0.0131. The summed E-state index contributed by atoms with van der Waals surface area (Å²) in [5, 5.41) is 5.31. The lowest BCUT2D eigenvalue weighted by molar-refractivity contribution is -0.121. The highest BCUT2D eigenvalue weighted by Gasteiger charge is 2.14. The molecule has 0 heterocycles. The molecule has 5 heteroatoms. The first-order valence-corrected chi connectivity index (χ1v) is 5.96. The molecule has 16 heavy (non-hydrogen) atoms. The van der Waals surface area contributed by atoms with Crippen molar-refractivity contribution < 1.29 is 13.6 Å². The maximum Gasteiger partial charge on any atom is 0.250 e. The van der Waals surface area contributed by atoms with E-state index in [4.69, 9.17) is 0 Å². The molecule has 94 valence electrons. The fourth-order valence-corrected chi connectivity index (χ4v) is 2.00. The van der Waals surface area contributed by atoms with Crippen molar-refractivity contribution in [1.82, 2.24) is 10.6 Å². The van der Waals surface area contributed by atoms with E-state index in [0.29, 0.717) is 0 Å². The van der Waals surface area contributed by atoms with E-state index in [1.165, 1.54) is 12.8 Å². The average Bonchev–Trinajstić information content (AvgIpc) is 2.45. The van der Waals surface area contributed by atoms with Crippen LogP contribution in [0.5, 0.6) is 0 Å². The molecule has 0 unspecified atom stereocenters. The van der Waals surface area contributed by atoms with E-state index in [2.05, 4.69) is 10.6 Å². The summed E-state index contributed by atoms with van der Waals surface area (Å²) in [6, 6.07) is 0.239. The molecule has 1 amide bonds. The maximum absolute atomic E-state index is 11.8. The second kappa shape index (κ2) is 7.54. The maximum atomic E-state index is 11.8.